The molecule has 0 aliphatic heterocycles. The van der Waals surface area contributed by atoms with Gasteiger partial charge in [-0.2, -0.15) is 23.5 Å². The molecule has 4 unspecified atom stereocenters. The number of nitrogens with two attached hydrogens (primary N) is 3. The third kappa shape index (κ3) is 14.5. The van der Waals surface area contributed by atoms with E-state index in [0.717, 1.165) is 0 Å². The lowest BCUT2D eigenvalue weighted by Crippen LogP contribution is -2.57. The van der Waals surface area contributed by atoms with Crippen molar-refractivity contribution in [2.24, 2.45) is 17.2 Å². The molecule has 200 valence electrons. The number of hydrogen-bond donors (Lipinski definition) is 7. The van der Waals surface area contributed by atoms with Crippen LogP contribution < -0.4 is 33.2 Å². The summed E-state index contributed by atoms with van der Waals surface area (Å²) < 4.78 is 0. The number of amides is 5. The van der Waals surface area contributed by atoms with Gasteiger partial charge < -0.3 is 38.3 Å². The van der Waals surface area contributed by atoms with E-state index in [1.807, 2.05) is 6.26 Å². The van der Waals surface area contributed by atoms with Crippen LogP contribution in [0.1, 0.15) is 38.5 Å². The van der Waals surface area contributed by atoms with E-state index in [9.17, 15) is 33.9 Å². The Balaban J connectivity index is 5.56. The maximum Gasteiger partial charge on any atom is 0.326 e. The SMILES string of the molecule is CSCCC(N)C(=O)NC(CCC(N)=O)C(=O)NC(CCC(N)=O)C(=O)NC(CCSC)C(=O)O. The highest BCUT2D eigenvalue weighted by Crippen LogP contribution is 2.07. The maximum absolute atomic E-state index is 12.9. The van der Waals surface area contributed by atoms with Crippen molar-refractivity contribution >= 4 is 59.0 Å². The first kappa shape index (κ1) is 32.5. The average molecular weight is 537 g/mol. The highest BCUT2D eigenvalue weighted by molar-refractivity contribution is 7.98. The minimum Gasteiger partial charge on any atom is -0.480 e. The number of carbonyl (C=O) groups excluding carboxylic acids is 5. The first-order chi connectivity index (χ1) is 16.4. The lowest BCUT2D eigenvalue weighted by Gasteiger charge is -2.25. The number of carboxylic acids is 1. The topological polar surface area (TPSA) is 237 Å². The van der Waals surface area contributed by atoms with Crippen molar-refractivity contribution in [2.75, 3.05) is 24.0 Å². The first-order valence-electron chi connectivity index (χ1n) is 10.9. The highest BCUT2D eigenvalue weighted by atomic mass is 32.2. The molecule has 0 rings (SSSR count). The van der Waals surface area contributed by atoms with Crippen molar-refractivity contribution < 1.29 is 33.9 Å². The van der Waals surface area contributed by atoms with Crippen LogP contribution in [0.4, 0.5) is 0 Å². The van der Waals surface area contributed by atoms with Gasteiger partial charge in [0, 0.05) is 12.8 Å². The van der Waals surface area contributed by atoms with Gasteiger partial charge in [0.05, 0.1) is 6.04 Å². The zero-order chi connectivity index (χ0) is 27.0. The number of carbonyl (C=O) groups is 6. The molecule has 13 nitrogen and oxygen atoms in total. The third-order valence-electron chi connectivity index (χ3n) is 4.82. The van der Waals surface area contributed by atoms with E-state index in [1.165, 1.54) is 23.5 Å². The van der Waals surface area contributed by atoms with Crippen LogP contribution in [0, 0.1) is 0 Å². The van der Waals surface area contributed by atoms with Gasteiger partial charge in [0.1, 0.15) is 18.1 Å². The maximum atomic E-state index is 12.9. The fourth-order valence-corrected chi connectivity index (χ4v) is 3.76. The van der Waals surface area contributed by atoms with Crippen LogP contribution in [0.15, 0.2) is 0 Å². The van der Waals surface area contributed by atoms with Gasteiger partial charge in [0.15, 0.2) is 0 Å². The van der Waals surface area contributed by atoms with Crippen LogP contribution in [0.2, 0.25) is 0 Å². The number of primary amides is 2. The second-order valence-corrected chi connectivity index (χ2v) is 9.67. The number of aliphatic carboxylic acids is 1. The van der Waals surface area contributed by atoms with E-state index in [0.29, 0.717) is 17.9 Å². The summed E-state index contributed by atoms with van der Waals surface area (Å²) in [4.78, 5) is 72.1. The number of nitrogens with one attached hydrogen (secondary N) is 3. The summed E-state index contributed by atoms with van der Waals surface area (Å²) in [6.45, 7) is 0. The summed E-state index contributed by atoms with van der Waals surface area (Å²) in [7, 11) is 0. The van der Waals surface area contributed by atoms with E-state index < -0.39 is 59.7 Å². The van der Waals surface area contributed by atoms with Crippen molar-refractivity contribution in [3.8, 4) is 0 Å². The molecule has 0 aliphatic rings. The normalized spacial score (nSPS) is 14.1. The summed E-state index contributed by atoms with van der Waals surface area (Å²) >= 11 is 2.89. The Morgan fingerprint density at radius 2 is 1.09 bits per heavy atom. The Bertz CT molecular complexity index is 755. The Labute approximate surface area is 212 Å². The fourth-order valence-electron chi connectivity index (χ4n) is 2.80. The minimum atomic E-state index is -1.32. The van der Waals surface area contributed by atoms with Gasteiger partial charge in [0.25, 0.3) is 0 Å². The monoisotopic (exact) mass is 536 g/mol. The van der Waals surface area contributed by atoms with Crippen molar-refractivity contribution in [3.63, 3.8) is 0 Å². The van der Waals surface area contributed by atoms with Crippen molar-refractivity contribution in [1.29, 1.82) is 0 Å². The first-order valence-corrected chi connectivity index (χ1v) is 13.7. The molecule has 10 N–H and O–H groups in total. The predicted octanol–water partition coefficient (Wildman–Crippen LogP) is -2.11. The van der Waals surface area contributed by atoms with Gasteiger partial charge in [-0.15, -0.1) is 0 Å². The molecule has 0 saturated heterocycles. The molecule has 15 heteroatoms. The summed E-state index contributed by atoms with van der Waals surface area (Å²) in [6.07, 6.45) is 3.27. The molecule has 5 amide bonds. The molecule has 35 heavy (non-hydrogen) atoms. The van der Waals surface area contributed by atoms with Crippen LogP contribution >= 0.6 is 23.5 Å². The second kappa shape index (κ2) is 17.8. The van der Waals surface area contributed by atoms with Gasteiger partial charge >= 0.3 is 5.97 Å². The smallest absolute Gasteiger partial charge is 0.326 e. The Hall–Kier alpha value is -2.52. The molecule has 0 aromatic rings. The van der Waals surface area contributed by atoms with Crippen LogP contribution in [0.5, 0.6) is 0 Å². The molecule has 0 bridgehead atoms. The van der Waals surface area contributed by atoms with Gasteiger partial charge in [0.2, 0.25) is 29.5 Å². The lowest BCUT2D eigenvalue weighted by molar-refractivity contribution is -0.142. The van der Waals surface area contributed by atoms with E-state index in [2.05, 4.69) is 16.0 Å². The van der Waals surface area contributed by atoms with E-state index in [-0.39, 0.29) is 32.1 Å². The molecule has 0 fully saturated rings. The zero-order valence-electron chi connectivity index (χ0n) is 19.9. The standard InChI is InChI=1S/C20H36N6O7S2/c1-34-9-7-11(21)17(29)24-12(3-5-15(22)27)18(30)25-13(4-6-16(23)28)19(31)26-14(20(32)33)8-10-35-2/h11-14H,3-10,21H2,1-2H3,(H2,22,27)(H2,23,28)(H,24,29)(H,25,30)(H,26,31)(H,32,33). The van der Waals surface area contributed by atoms with Gasteiger partial charge in [-0.1, -0.05) is 0 Å². The third-order valence-corrected chi connectivity index (χ3v) is 6.11. The number of carboxylic acid groups (broad SMARTS) is 1. The largest absolute Gasteiger partial charge is 0.480 e. The van der Waals surface area contributed by atoms with Crippen LogP contribution in [0.3, 0.4) is 0 Å². The Kier molecular flexibility index (Phi) is 16.6. The van der Waals surface area contributed by atoms with Crippen molar-refractivity contribution in [2.45, 2.75) is 62.7 Å². The van der Waals surface area contributed by atoms with E-state index >= 15 is 0 Å². The summed E-state index contributed by atoms with van der Waals surface area (Å²) in [5.41, 5.74) is 16.2. The van der Waals surface area contributed by atoms with Crippen LogP contribution in [-0.2, 0) is 28.8 Å². The molecule has 0 radical (unpaired) electrons. The molecule has 0 aliphatic carbocycles. The van der Waals surface area contributed by atoms with Gasteiger partial charge in [-0.3, -0.25) is 24.0 Å². The highest BCUT2D eigenvalue weighted by Gasteiger charge is 2.30. The summed E-state index contributed by atoms with van der Waals surface area (Å²) in [5.74, 6) is -3.88. The molecule has 0 aromatic carbocycles. The predicted molar refractivity (Wildman–Crippen MR) is 134 cm³/mol. The minimum absolute atomic E-state index is 0.143. The molecular formula is C20H36N6O7S2. The molecule has 0 aromatic heterocycles. The molecule has 0 spiro atoms. The summed E-state index contributed by atoms with van der Waals surface area (Å²) in [6, 6.07) is -4.66. The number of rotatable bonds is 19. The van der Waals surface area contributed by atoms with Gasteiger partial charge in [-0.05, 0) is 49.7 Å². The quantitative estimate of drug-likeness (QED) is 0.0948. The number of hydrogen-bond acceptors (Lipinski definition) is 9. The average Bonchev–Trinajstić information content (AvgIpc) is 2.79. The lowest BCUT2D eigenvalue weighted by atomic mass is 10.1. The van der Waals surface area contributed by atoms with Crippen molar-refractivity contribution in [1.82, 2.24) is 16.0 Å². The van der Waals surface area contributed by atoms with Crippen LogP contribution in [-0.4, -0.2) is 88.8 Å². The fraction of sp³-hybridized carbons (Fsp3) is 0.700. The molecule has 0 heterocycles. The van der Waals surface area contributed by atoms with Gasteiger partial charge in [-0.25, -0.2) is 4.79 Å². The van der Waals surface area contributed by atoms with E-state index in [1.54, 1.807) is 6.26 Å². The molecule has 4 atom stereocenters. The number of thioether (sulfide) groups is 2. The Morgan fingerprint density at radius 3 is 1.49 bits per heavy atom. The molecular weight excluding hydrogens is 500 g/mol. The van der Waals surface area contributed by atoms with E-state index in [4.69, 9.17) is 17.2 Å². The Morgan fingerprint density at radius 1 is 0.686 bits per heavy atom. The second-order valence-electron chi connectivity index (χ2n) is 7.70. The zero-order valence-corrected chi connectivity index (χ0v) is 21.5. The molecule has 0 saturated carbocycles. The van der Waals surface area contributed by atoms with Crippen molar-refractivity contribution in [3.05, 3.63) is 0 Å². The van der Waals surface area contributed by atoms with Crippen LogP contribution in [0.25, 0.3) is 0 Å². The summed E-state index contributed by atoms with van der Waals surface area (Å²) in [5, 5.41) is 16.6.